The lowest BCUT2D eigenvalue weighted by molar-refractivity contribution is -0.111. The largest absolute Gasteiger partial charge is 0.364 e. The number of rotatable bonds is 7. The average Bonchev–Trinajstić information content (AvgIpc) is 2.74. The van der Waals surface area contributed by atoms with Crippen LogP contribution in [-0.2, 0) is 11.2 Å². The summed E-state index contributed by atoms with van der Waals surface area (Å²) >= 11 is 0. The second-order valence-corrected chi connectivity index (χ2v) is 6.16. The molecule has 3 rings (SSSR count). The third kappa shape index (κ3) is 5.25. The molecule has 0 fully saturated rings. The fraction of sp³-hybridized carbons (Fsp3) is 0.136. The van der Waals surface area contributed by atoms with Gasteiger partial charge in [-0.25, -0.2) is 0 Å². The van der Waals surface area contributed by atoms with Crippen LogP contribution >= 0.6 is 0 Å². The molecule has 5 nitrogen and oxygen atoms in total. The van der Waals surface area contributed by atoms with E-state index in [1.165, 1.54) is 6.20 Å². The predicted molar refractivity (Wildman–Crippen MR) is 105 cm³/mol. The molecule has 0 aliphatic carbocycles. The second kappa shape index (κ2) is 9.29. The summed E-state index contributed by atoms with van der Waals surface area (Å²) in [7, 11) is 0. The molecule has 0 bridgehead atoms. The number of nitrogens with zero attached hydrogens (tertiary/aromatic N) is 2. The molecule has 1 atom stereocenters. The van der Waals surface area contributed by atoms with Gasteiger partial charge in [0.15, 0.2) is 0 Å². The molecule has 1 aliphatic rings. The lowest BCUT2D eigenvalue weighted by Crippen LogP contribution is -2.35. The van der Waals surface area contributed by atoms with Crippen molar-refractivity contribution in [2.24, 2.45) is 0 Å². The van der Waals surface area contributed by atoms with E-state index in [1.807, 2.05) is 59.7 Å². The van der Waals surface area contributed by atoms with Gasteiger partial charge in [0.1, 0.15) is 6.29 Å². The lowest BCUT2D eigenvalue weighted by atomic mass is 10.0. The van der Waals surface area contributed by atoms with Crippen LogP contribution in [0.5, 0.6) is 0 Å². The monoisotopic (exact) mass is 359 g/mol. The van der Waals surface area contributed by atoms with Crippen LogP contribution < -0.4 is 5.32 Å². The van der Waals surface area contributed by atoms with E-state index in [1.54, 1.807) is 24.5 Å². The van der Waals surface area contributed by atoms with E-state index >= 15 is 0 Å². The van der Waals surface area contributed by atoms with Crippen LogP contribution in [0.15, 0.2) is 91.1 Å². The second-order valence-electron chi connectivity index (χ2n) is 6.16. The highest BCUT2D eigenvalue weighted by Crippen LogP contribution is 2.14. The summed E-state index contributed by atoms with van der Waals surface area (Å²) in [6, 6.07) is 13.2. The molecule has 2 heterocycles. The van der Waals surface area contributed by atoms with Crippen molar-refractivity contribution in [1.82, 2.24) is 15.2 Å². The maximum atomic E-state index is 12.0. The number of allylic oxidation sites excluding steroid dienone is 3. The van der Waals surface area contributed by atoms with E-state index in [0.717, 1.165) is 17.4 Å². The van der Waals surface area contributed by atoms with Gasteiger partial charge >= 0.3 is 0 Å². The molecule has 0 radical (unpaired) electrons. The normalized spacial score (nSPS) is 14.7. The van der Waals surface area contributed by atoms with Crippen molar-refractivity contribution in [3.05, 3.63) is 102 Å². The maximum absolute atomic E-state index is 12.0. The highest BCUT2D eigenvalue weighted by atomic mass is 16.1. The van der Waals surface area contributed by atoms with Crippen LogP contribution in [0.4, 0.5) is 0 Å². The fourth-order valence-electron chi connectivity index (χ4n) is 2.78. The number of carbonyl (C=O) groups excluding carboxylic acids is 2. The first-order valence-corrected chi connectivity index (χ1v) is 8.77. The molecule has 0 saturated heterocycles. The van der Waals surface area contributed by atoms with Crippen LogP contribution in [0, 0.1) is 0 Å². The molecule has 0 unspecified atom stereocenters. The first-order chi connectivity index (χ1) is 13.3. The van der Waals surface area contributed by atoms with Crippen molar-refractivity contribution < 1.29 is 9.59 Å². The molecule has 27 heavy (non-hydrogen) atoms. The standard InChI is InChI=1S/C22H21N3O2/c26-17-21(15-19-5-2-1-3-6-19)25-13-9-18(10-14-25)8-12-24-22(27)20-7-4-11-23-16-20/h1-13,16-17,21H,14-15H2,(H,24,27)/t21-/m0/s1. The Hall–Kier alpha value is -3.47. The number of aromatic nitrogens is 1. The number of pyridine rings is 1. The summed E-state index contributed by atoms with van der Waals surface area (Å²) in [5.41, 5.74) is 2.62. The Morgan fingerprint density at radius 3 is 2.74 bits per heavy atom. The lowest BCUT2D eigenvalue weighted by Gasteiger charge is -2.28. The summed E-state index contributed by atoms with van der Waals surface area (Å²) in [5.74, 6) is -0.203. The summed E-state index contributed by atoms with van der Waals surface area (Å²) in [6.07, 6.45) is 14.1. The third-order valence-corrected chi connectivity index (χ3v) is 4.28. The Kier molecular flexibility index (Phi) is 6.30. The Morgan fingerprint density at radius 2 is 2.07 bits per heavy atom. The Labute approximate surface area is 158 Å². The molecule has 136 valence electrons. The van der Waals surface area contributed by atoms with Gasteiger partial charge in [0.05, 0.1) is 11.6 Å². The molecular formula is C22H21N3O2. The highest BCUT2D eigenvalue weighted by molar-refractivity contribution is 5.94. The van der Waals surface area contributed by atoms with E-state index in [4.69, 9.17) is 0 Å². The summed E-state index contributed by atoms with van der Waals surface area (Å²) in [6.45, 7) is 0.642. The first-order valence-electron chi connectivity index (χ1n) is 8.77. The Bertz CT molecular complexity index is 858. The van der Waals surface area contributed by atoms with Gasteiger partial charge in [0.2, 0.25) is 0 Å². The number of hydrogen-bond donors (Lipinski definition) is 1. The van der Waals surface area contributed by atoms with Gasteiger partial charge in [0.25, 0.3) is 5.91 Å². The minimum atomic E-state index is -0.203. The average molecular weight is 359 g/mol. The number of nitrogens with one attached hydrogen (secondary N) is 1. The minimum Gasteiger partial charge on any atom is -0.364 e. The molecular weight excluding hydrogens is 338 g/mol. The van der Waals surface area contributed by atoms with Crippen LogP contribution in [-0.4, -0.2) is 34.7 Å². The van der Waals surface area contributed by atoms with Crippen LogP contribution in [0.2, 0.25) is 0 Å². The van der Waals surface area contributed by atoms with Gasteiger partial charge in [-0.2, -0.15) is 0 Å². The number of benzene rings is 1. The van der Waals surface area contributed by atoms with Gasteiger partial charge in [-0.1, -0.05) is 36.4 Å². The molecule has 1 aromatic heterocycles. The van der Waals surface area contributed by atoms with Crippen molar-refractivity contribution in [3.63, 3.8) is 0 Å². The van der Waals surface area contributed by atoms with E-state index in [2.05, 4.69) is 10.3 Å². The van der Waals surface area contributed by atoms with Gasteiger partial charge in [-0.3, -0.25) is 9.78 Å². The van der Waals surface area contributed by atoms with E-state index in [9.17, 15) is 9.59 Å². The Balaban J connectivity index is 1.52. The van der Waals surface area contributed by atoms with Gasteiger partial charge in [-0.15, -0.1) is 0 Å². The SMILES string of the molecule is O=C[C@H](Cc1ccccc1)N1C=CC(C=CNC(=O)c2cccnc2)=CC1. The first kappa shape index (κ1) is 18.3. The third-order valence-electron chi connectivity index (χ3n) is 4.28. The maximum Gasteiger partial charge on any atom is 0.256 e. The van der Waals surface area contributed by atoms with E-state index in [-0.39, 0.29) is 11.9 Å². The summed E-state index contributed by atoms with van der Waals surface area (Å²) in [4.78, 5) is 29.4. The minimum absolute atomic E-state index is 0.198. The topological polar surface area (TPSA) is 62.3 Å². The number of hydrogen-bond acceptors (Lipinski definition) is 4. The van der Waals surface area contributed by atoms with Gasteiger partial charge in [-0.05, 0) is 41.8 Å². The van der Waals surface area contributed by atoms with Crippen molar-refractivity contribution in [2.75, 3.05) is 6.54 Å². The van der Waals surface area contributed by atoms with Crippen LogP contribution in [0.1, 0.15) is 15.9 Å². The molecule has 0 spiro atoms. The van der Waals surface area contributed by atoms with Crippen molar-refractivity contribution in [2.45, 2.75) is 12.5 Å². The molecule has 1 amide bonds. The smallest absolute Gasteiger partial charge is 0.256 e. The summed E-state index contributed by atoms with van der Waals surface area (Å²) < 4.78 is 0. The molecule has 2 aromatic rings. The van der Waals surface area contributed by atoms with Crippen molar-refractivity contribution in [3.8, 4) is 0 Å². The number of carbonyl (C=O) groups is 2. The molecule has 1 aliphatic heterocycles. The van der Waals surface area contributed by atoms with Gasteiger partial charge < -0.3 is 15.0 Å². The zero-order valence-electron chi connectivity index (χ0n) is 14.9. The van der Waals surface area contributed by atoms with Crippen molar-refractivity contribution in [1.29, 1.82) is 0 Å². The van der Waals surface area contributed by atoms with Gasteiger partial charge in [0, 0.05) is 31.3 Å². The predicted octanol–water partition coefficient (Wildman–Crippen LogP) is 2.89. The molecule has 1 aromatic carbocycles. The highest BCUT2D eigenvalue weighted by Gasteiger charge is 2.16. The molecule has 1 N–H and O–H groups in total. The molecule has 5 heteroatoms. The number of amides is 1. The Morgan fingerprint density at radius 1 is 1.22 bits per heavy atom. The molecule has 0 saturated carbocycles. The zero-order valence-corrected chi connectivity index (χ0v) is 14.9. The van der Waals surface area contributed by atoms with Crippen LogP contribution in [0.25, 0.3) is 0 Å². The fourth-order valence-corrected chi connectivity index (χ4v) is 2.78. The van der Waals surface area contributed by atoms with E-state index < -0.39 is 0 Å². The zero-order chi connectivity index (χ0) is 18.9. The van der Waals surface area contributed by atoms with Crippen molar-refractivity contribution >= 4 is 12.2 Å². The quantitative estimate of drug-likeness (QED) is 0.772. The summed E-state index contributed by atoms with van der Waals surface area (Å²) in [5, 5.41) is 2.72. The van der Waals surface area contributed by atoms with E-state index in [0.29, 0.717) is 18.5 Å². The number of aldehydes is 1. The van der Waals surface area contributed by atoms with Crippen LogP contribution in [0.3, 0.4) is 0 Å².